The quantitative estimate of drug-likeness (QED) is 0.795. The lowest BCUT2D eigenvalue weighted by molar-refractivity contribution is -0.134. The summed E-state index contributed by atoms with van der Waals surface area (Å²) < 4.78 is 0. The molecule has 3 heterocycles. The van der Waals surface area contributed by atoms with Gasteiger partial charge >= 0.3 is 0 Å². The van der Waals surface area contributed by atoms with Gasteiger partial charge < -0.3 is 9.88 Å². The first-order chi connectivity index (χ1) is 12.3. The van der Waals surface area contributed by atoms with E-state index in [-0.39, 0.29) is 11.9 Å². The number of nitrogens with zero attached hydrogens (tertiary/aromatic N) is 4. The first kappa shape index (κ1) is 15.7. The van der Waals surface area contributed by atoms with Gasteiger partial charge in [0.05, 0.1) is 22.8 Å². The van der Waals surface area contributed by atoms with E-state index in [4.69, 9.17) is 4.98 Å². The number of aromatic amines is 1. The van der Waals surface area contributed by atoms with Gasteiger partial charge in [0, 0.05) is 37.1 Å². The Morgan fingerprint density at radius 3 is 2.92 bits per heavy atom. The minimum atomic E-state index is 0.0511. The normalized spacial score (nSPS) is 17.8. The number of piperidine rings is 1. The highest BCUT2D eigenvalue weighted by atomic mass is 16.2. The smallest absolute Gasteiger partial charge is 0.222 e. The van der Waals surface area contributed by atoms with E-state index in [0.29, 0.717) is 6.42 Å². The molecule has 0 bridgehead atoms. The van der Waals surface area contributed by atoms with Crippen molar-refractivity contribution < 1.29 is 4.79 Å². The monoisotopic (exact) mass is 335 g/mol. The number of H-pyrrole nitrogens is 1. The van der Waals surface area contributed by atoms with Crippen LogP contribution in [-0.4, -0.2) is 37.3 Å². The van der Waals surface area contributed by atoms with Gasteiger partial charge in [-0.25, -0.2) is 4.98 Å². The van der Waals surface area contributed by atoms with Gasteiger partial charge in [-0.1, -0.05) is 13.0 Å². The molecule has 2 aromatic heterocycles. The number of amides is 1. The third kappa shape index (κ3) is 2.99. The van der Waals surface area contributed by atoms with Crippen molar-refractivity contribution in [3.63, 3.8) is 0 Å². The molecule has 3 aromatic rings. The van der Waals surface area contributed by atoms with Crippen molar-refractivity contribution in [1.29, 1.82) is 0 Å². The van der Waals surface area contributed by atoms with Gasteiger partial charge in [-0.2, -0.15) is 0 Å². The number of imidazole rings is 1. The fraction of sp³-hybridized carbons (Fsp3) is 0.368. The molecule has 1 aromatic carbocycles. The zero-order valence-electron chi connectivity index (χ0n) is 14.3. The molecule has 6 nitrogen and oxygen atoms in total. The fourth-order valence-corrected chi connectivity index (χ4v) is 3.50. The van der Waals surface area contributed by atoms with Crippen LogP contribution in [0.3, 0.4) is 0 Å². The summed E-state index contributed by atoms with van der Waals surface area (Å²) in [5.74, 6) is 1.07. The van der Waals surface area contributed by atoms with Gasteiger partial charge in [-0.3, -0.25) is 14.8 Å². The molecule has 0 spiro atoms. The Bertz CT molecular complexity index is 903. The molecule has 128 valence electrons. The Morgan fingerprint density at radius 2 is 2.08 bits per heavy atom. The SMILES string of the molecule is CCC(=O)N1CCCCC1c1nc(-c2ccc3nccnc3c2)c[nH]1. The molecule has 0 radical (unpaired) electrons. The lowest BCUT2D eigenvalue weighted by atomic mass is 10.0. The molecule has 1 fully saturated rings. The van der Waals surface area contributed by atoms with Crippen LogP contribution in [0, 0.1) is 0 Å². The van der Waals surface area contributed by atoms with Crippen LogP contribution in [0.4, 0.5) is 0 Å². The molecule has 1 unspecified atom stereocenters. The fourth-order valence-electron chi connectivity index (χ4n) is 3.50. The summed E-state index contributed by atoms with van der Waals surface area (Å²) in [6, 6.07) is 6.01. The number of hydrogen-bond acceptors (Lipinski definition) is 4. The summed E-state index contributed by atoms with van der Waals surface area (Å²) in [6.45, 7) is 2.73. The third-order valence-electron chi connectivity index (χ3n) is 4.80. The highest BCUT2D eigenvalue weighted by Crippen LogP contribution is 2.31. The van der Waals surface area contributed by atoms with Gasteiger partial charge in [0.15, 0.2) is 0 Å². The molecule has 1 atom stereocenters. The lowest BCUT2D eigenvalue weighted by Crippen LogP contribution is -2.38. The minimum absolute atomic E-state index is 0.0511. The summed E-state index contributed by atoms with van der Waals surface area (Å²) >= 11 is 0. The molecule has 4 rings (SSSR count). The number of carbonyl (C=O) groups is 1. The predicted octanol–water partition coefficient (Wildman–Crippen LogP) is 3.48. The van der Waals surface area contributed by atoms with Crippen LogP contribution in [0.15, 0.2) is 36.8 Å². The second kappa shape index (κ2) is 6.63. The molecule has 0 saturated carbocycles. The summed E-state index contributed by atoms with van der Waals surface area (Å²) in [7, 11) is 0. The maximum atomic E-state index is 12.2. The summed E-state index contributed by atoms with van der Waals surface area (Å²) in [6.07, 6.45) is 8.99. The van der Waals surface area contributed by atoms with E-state index in [9.17, 15) is 4.79 Å². The van der Waals surface area contributed by atoms with E-state index in [1.165, 1.54) is 0 Å². The van der Waals surface area contributed by atoms with Gasteiger partial charge in [0.25, 0.3) is 0 Å². The average molecular weight is 335 g/mol. The highest BCUT2D eigenvalue weighted by Gasteiger charge is 2.29. The second-order valence-electron chi connectivity index (χ2n) is 6.38. The van der Waals surface area contributed by atoms with Crippen LogP contribution in [-0.2, 0) is 4.79 Å². The van der Waals surface area contributed by atoms with Crippen molar-refractivity contribution in [2.75, 3.05) is 6.54 Å². The third-order valence-corrected chi connectivity index (χ3v) is 4.80. The number of likely N-dealkylation sites (tertiary alicyclic amines) is 1. The van der Waals surface area contributed by atoms with Crippen LogP contribution in [0.2, 0.25) is 0 Å². The number of aromatic nitrogens is 4. The van der Waals surface area contributed by atoms with Crippen LogP contribution in [0.25, 0.3) is 22.3 Å². The standard InChI is InChI=1S/C19H21N5O/c1-2-18(25)24-10-4-3-5-17(24)19-22-12-16(23-19)13-6-7-14-15(11-13)21-9-8-20-14/h6-9,11-12,17H,2-5,10H2,1H3,(H,22,23). The molecule has 6 heteroatoms. The number of rotatable bonds is 3. The number of carbonyl (C=O) groups excluding carboxylic acids is 1. The minimum Gasteiger partial charge on any atom is -0.346 e. The Hall–Kier alpha value is -2.76. The molecule has 1 aliphatic rings. The summed E-state index contributed by atoms with van der Waals surface area (Å²) in [4.78, 5) is 30.9. The van der Waals surface area contributed by atoms with Crippen molar-refractivity contribution in [1.82, 2.24) is 24.8 Å². The highest BCUT2D eigenvalue weighted by molar-refractivity contribution is 5.80. The van der Waals surface area contributed by atoms with Gasteiger partial charge in [0.1, 0.15) is 5.82 Å². The van der Waals surface area contributed by atoms with Crippen molar-refractivity contribution in [2.24, 2.45) is 0 Å². The van der Waals surface area contributed by atoms with Crippen LogP contribution < -0.4 is 0 Å². The Balaban J connectivity index is 1.65. The Kier molecular flexibility index (Phi) is 4.17. The zero-order chi connectivity index (χ0) is 17.2. The molecule has 0 aliphatic carbocycles. The van der Waals surface area contributed by atoms with Crippen molar-refractivity contribution >= 4 is 16.9 Å². The Morgan fingerprint density at radius 1 is 1.24 bits per heavy atom. The van der Waals surface area contributed by atoms with E-state index in [1.54, 1.807) is 12.4 Å². The number of nitrogens with one attached hydrogen (secondary N) is 1. The van der Waals surface area contributed by atoms with Gasteiger partial charge in [0.2, 0.25) is 5.91 Å². The topological polar surface area (TPSA) is 74.8 Å². The van der Waals surface area contributed by atoms with Crippen LogP contribution >= 0.6 is 0 Å². The van der Waals surface area contributed by atoms with Crippen molar-refractivity contribution in [2.45, 2.75) is 38.6 Å². The van der Waals surface area contributed by atoms with Crippen LogP contribution in [0.1, 0.15) is 44.5 Å². The molecule has 25 heavy (non-hydrogen) atoms. The van der Waals surface area contributed by atoms with Crippen molar-refractivity contribution in [3.8, 4) is 11.3 Å². The van der Waals surface area contributed by atoms with Gasteiger partial charge in [-0.15, -0.1) is 0 Å². The molecule has 1 amide bonds. The van der Waals surface area contributed by atoms with Crippen molar-refractivity contribution in [3.05, 3.63) is 42.6 Å². The molecule has 1 N–H and O–H groups in total. The van der Waals surface area contributed by atoms with E-state index < -0.39 is 0 Å². The first-order valence-corrected chi connectivity index (χ1v) is 8.82. The number of fused-ring (bicyclic) bond motifs is 1. The first-order valence-electron chi connectivity index (χ1n) is 8.82. The van der Waals surface area contributed by atoms with Crippen LogP contribution in [0.5, 0.6) is 0 Å². The lowest BCUT2D eigenvalue weighted by Gasteiger charge is -2.34. The number of hydrogen-bond donors (Lipinski definition) is 1. The molecule has 1 saturated heterocycles. The summed E-state index contributed by atoms with van der Waals surface area (Å²) in [5, 5.41) is 0. The molecule has 1 aliphatic heterocycles. The average Bonchev–Trinajstić information content (AvgIpc) is 3.17. The van der Waals surface area contributed by atoms with E-state index in [0.717, 1.165) is 53.9 Å². The molecular formula is C19H21N5O. The second-order valence-corrected chi connectivity index (χ2v) is 6.38. The maximum absolute atomic E-state index is 12.2. The largest absolute Gasteiger partial charge is 0.346 e. The molecular weight excluding hydrogens is 314 g/mol. The van der Waals surface area contributed by atoms with E-state index in [1.807, 2.05) is 36.2 Å². The number of benzene rings is 1. The zero-order valence-corrected chi connectivity index (χ0v) is 14.3. The maximum Gasteiger partial charge on any atom is 0.222 e. The van der Waals surface area contributed by atoms with E-state index in [2.05, 4.69) is 15.0 Å². The predicted molar refractivity (Wildman–Crippen MR) is 95.7 cm³/mol. The summed E-state index contributed by atoms with van der Waals surface area (Å²) in [5.41, 5.74) is 3.59. The van der Waals surface area contributed by atoms with E-state index >= 15 is 0 Å². The van der Waals surface area contributed by atoms with Gasteiger partial charge in [-0.05, 0) is 31.4 Å². The Labute approximate surface area is 146 Å².